The number of aliphatic imine (C=N–C) groups is 1. The molecule has 0 radical (unpaired) electrons. The fourth-order valence-corrected chi connectivity index (χ4v) is 3.09. The zero-order chi connectivity index (χ0) is 20.6. The van der Waals surface area contributed by atoms with Crippen molar-refractivity contribution in [3.63, 3.8) is 0 Å². The van der Waals surface area contributed by atoms with Crippen molar-refractivity contribution in [2.24, 2.45) is 4.99 Å². The van der Waals surface area contributed by atoms with Gasteiger partial charge in [-0.25, -0.2) is 4.99 Å². The van der Waals surface area contributed by atoms with E-state index in [9.17, 15) is 4.79 Å². The van der Waals surface area contributed by atoms with Crippen LogP contribution in [0.5, 0.6) is 0 Å². The van der Waals surface area contributed by atoms with Crippen LogP contribution in [0.2, 0.25) is 0 Å². The molecule has 3 rings (SSSR count). The maximum Gasteiger partial charge on any atom is 0.163 e. The lowest BCUT2D eigenvalue weighted by Gasteiger charge is -2.01. The van der Waals surface area contributed by atoms with Crippen molar-refractivity contribution in [3.05, 3.63) is 71.5 Å². The molecule has 0 fully saturated rings. The maximum absolute atomic E-state index is 12.1. The Morgan fingerprint density at radius 3 is 2.62 bits per heavy atom. The van der Waals surface area contributed by atoms with Gasteiger partial charge in [0.1, 0.15) is 5.82 Å². The number of benzene rings is 1. The fraction of sp³-hybridized carbons (Fsp3) is 0.240. The summed E-state index contributed by atoms with van der Waals surface area (Å²) in [5.41, 5.74) is 5.47. The first kappa shape index (κ1) is 20.5. The zero-order valence-electron chi connectivity index (χ0n) is 17.3. The number of rotatable bonds is 8. The van der Waals surface area contributed by atoms with E-state index in [-0.39, 0.29) is 5.78 Å². The van der Waals surface area contributed by atoms with Gasteiger partial charge in [0.25, 0.3) is 0 Å². The third-order valence-electron chi connectivity index (χ3n) is 4.71. The number of Topliss-reactive ketones (excluding diaryl/α,β-unsaturated/α-hetero) is 1. The molecule has 0 saturated heterocycles. The average molecular weight is 386 g/mol. The van der Waals surface area contributed by atoms with Crippen molar-refractivity contribution in [1.82, 2.24) is 9.97 Å². The molecular weight excluding hydrogens is 358 g/mol. The third-order valence-corrected chi connectivity index (χ3v) is 4.71. The number of nitrogens with zero attached hydrogens (tertiary/aromatic N) is 2. The van der Waals surface area contributed by atoms with Crippen LogP contribution >= 0.6 is 0 Å². The van der Waals surface area contributed by atoms with Crippen molar-refractivity contribution < 1.29 is 4.79 Å². The molecule has 3 aromatic rings. The number of ketones is 1. The van der Waals surface area contributed by atoms with Crippen molar-refractivity contribution in [2.75, 3.05) is 0 Å². The first-order chi connectivity index (χ1) is 14.1. The number of aromatic nitrogens is 2. The highest BCUT2D eigenvalue weighted by molar-refractivity contribution is 6.01. The van der Waals surface area contributed by atoms with Gasteiger partial charge < -0.3 is 4.98 Å². The molecule has 0 amide bonds. The van der Waals surface area contributed by atoms with Crippen LogP contribution in [0, 0.1) is 0 Å². The number of aromatic amines is 1. The average Bonchev–Trinajstić information content (AvgIpc) is 3.16. The maximum atomic E-state index is 12.1. The topological polar surface area (TPSA) is 58.1 Å². The first-order valence-electron chi connectivity index (χ1n) is 10.0. The van der Waals surface area contributed by atoms with Crippen LogP contribution in [0.4, 0.5) is 5.82 Å². The van der Waals surface area contributed by atoms with Crippen LogP contribution in [0.1, 0.15) is 61.6 Å². The second-order valence-corrected chi connectivity index (χ2v) is 7.17. The van der Waals surface area contributed by atoms with Crippen LogP contribution in [0.25, 0.3) is 23.4 Å². The van der Waals surface area contributed by atoms with Gasteiger partial charge in [0.2, 0.25) is 0 Å². The smallest absolute Gasteiger partial charge is 0.163 e. The van der Waals surface area contributed by atoms with Crippen molar-refractivity contribution in [1.29, 1.82) is 0 Å². The van der Waals surface area contributed by atoms with Gasteiger partial charge in [-0.05, 0) is 56.5 Å². The minimum absolute atomic E-state index is 0.00722. The van der Waals surface area contributed by atoms with E-state index in [1.165, 1.54) is 0 Å². The van der Waals surface area contributed by atoms with Crippen LogP contribution in [0.3, 0.4) is 0 Å². The molecule has 0 saturated carbocycles. The minimum Gasteiger partial charge on any atom is -0.339 e. The predicted molar refractivity (Wildman–Crippen MR) is 122 cm³/mol. The van der Waals surface area contributed by atoms with Gasteiger partial charge in [0.15, 0.2) is 5.78 Å². The summed E-state index contributed by atoms with van der Waals surface area (Å²) < 4.78 is 0. The second kappa shape index (κ2) is 9.78. The number of hydrogen-bond acceptors (Lipinski definition) is 3. The van der Waals surface area contributed by atoms with Crippen LogP contribution in [-0.4, -0.2) is 21.5 Å². The number of carbonyl (C=O) groups excluding carboxylic acids is 1. The molecular formula is C25H27N3O. The van der Waals surface area contributed by atoms with E-state index >= 15 is 0 Å². The van der Waals surface area contributed by atoms with E-state index < -0.39 is 0 Å². The van der Waals surface area contributed by atoms with Gasteiger partial charge >= 0.3 is 0 Å². The summed E-state index contributed by atoms with van der Waals surface area (Å²) in [5, 5.41) is 0. The molecule has 0 bridgehead atoms. The summed E-state index contributed by atoms with van der Waals surface area (Å²) in [4.78, 5) is 24.6. The Labute approximate surface area is 172 Å². The largest absolute Gasteiger partial charge is 0.339 e. The van der Waals surface area contributed by atoms with Gasteiger partial charge in [-0.2, -0.15) is 0 Å². The summed E-state index contributed by atoms with van der Waals surface area (Å²) in [6.45, 7) is 5.75. The monoisotopic (exact) mass is 385 g/mol. The Bertz CT molecular complexity index is 1030. The van der Waals surface area contributed by atoms with E-state index in [2.05, 4.69) is 34.0 Å². The van der Waals surface area contributed by atoms with Crippen LogP contribution in [0.15, 0.2) is 59.7 Å². The summed E-state index contributed by atoms with van der Waals surface area (Å²) in [5.74, 6) is 0.645. The van der Waals surface area contributed by atoms with Gasteiger partial charge in [0, 0.05) is 23.2 Å². The molecule has 0 unspecified atom stereocenters. The quantitative estimate of drug-likeness (QED) is 0.345. The standard InChI is InChI=1S/C25H27N3O/c1-4-5-9-18(2)27-25-23(19(3)29)17-24(28-25)21-14-15-26-22(16-21)13-12-20-10-7-6-8-11-20/h6-8,10-17,28H,4-5,9H2,1-3H3/b13-12+,27-18+. The van der Waals surface area contributed by atoms with E-state index in [1.54, 1.807) is 13.1 Å². The molecule has 2 heterocycles. The van der Waals surface area contributed by atoms with Crippen LogP contribution < -0.4 is 0 Å². The zero-order valence-corrected chi connectivity index (χ0v) is 17.3. The molecule has 0 atom stereocenters. The second-order valence-electron chi connectivity index (χ2n) is 7.17. The van der Waals surface area contributed by atoms with Crippen molar-refractivity contribution in [3.8, 4) is 11.3 Å². The SMILES string of the molecule is CCCC/C(C)=N/c1[nH]c(-c2ccnc(/C=C/c3ccccc3)c2)cc1C(C)=O. The number of nitrogens with one attached hydrogen (secondary N) is 1. The summed E-state index contributed by atoms with van der Waals surface area (Å²) in [6, 6.07) is 15.9. The third kappa shape index (κ3) is 5.61. The Morgan fingerprint density at radius 1 is 1.10 bits per heavy atom. The summed E-state index contributed by atoms with van der Waals surface area (Å²) in [6.07, 6.45) is 8.96. The molecule has 1 N–H and O–H groups in total. The highest BCUT2D eigenvalue weighted by Crippen LogP contribution is 2.28. The van der Waals surface area contributed by atoms with E-state index in [4.69, 9.17) is 0 Å². The Morgan fingerprint density at radius 2 is 1.90 bits per heavy atom. The molecule has 0 spiro atoms. The number of hydrogen-bond donors (Lipinski definition) is 1. The molecule has 29 heavy (non-hydrogen) atoms. The van der Waals surface area contributed by atoms with Gasteiger partial charge in [-0.1, -0.05) is 49.8 Å². The minimum atomic E-state index is 0.00722. The first-order valence-corrected chi connectivity index (χ1v) is 10.0. The molecule has 2 aromatic heterocycles. The summed E-state index contributed by atoms with van der Waals surface area (Å²) >= 11 is 0. The lowest BCUT2D eigenvalue weighted by molar-refractivity contribution is 0.101. The molecule has 4 nitrogen and oxygen atoms in total. The van der Waals surface area contributed by atoms with E-state index in [0.717, 1.165) is 47.5 Å². The highest BCUT2D eigenvalue weighted by Gasteiger charge is 2.13. The number of pyridine rings is 1. The Balaban J connectivity index is 1.89. The highest BCUT2D eigenvalue weighted by atomic mass is 16.1. The number of H-pyrrole nitrogens is 1. The van der Waals surface area contributed by atoms with Crippen LogP contribution in [-0.2, 0) is 0 Å². The molecule has 1 aromatic carbocycles. The van der Waals surface area contributed by atoms with Gasteiger partial charge in [0.05, 0.1) is 11.3 Å². The van der Waals surface area contributed by atoms with Gasteiger partial charge in [-0.3, -0.25) is 9.78 Å². The molecule has 0 aliphatic rings. The Hall–Kier alpha value is -3.27. The lowest BCUT2D eigenvalue weighted by atomic mass is 10.1. The van der Waals surface area contributed by atoms with Crippen molar-refractivity contribution in [2.45, 2.75) is 40.0 Å². The van der Waals surface area contributed by atoms with E-state index in [1.807, 2.05) is 55.5 Å². The lowest BCUT2D eigenvalue weighted by Crippen LogP contribution is -1.93. The van der Waals surface area contributed by atoms with E-state index in [0.29, 0.717) is 11.4 Å². The van der Waals surface area contributed by atoms with Gasteiger partial charge in [-0.15, -0.1) is 0 Å². The fourth-order valence-electron chi connectivity index (χ4n) is 3.09. The predicted octanol–water partition coefficient (Wildman–Crippen LogP) is 6.73. The number of carbonyl (C=O) groups is 1. The molecule has 4 heteroatoms. The number of unbranched alkanes of at least 4 members (excludes halogenated alkanes) is 1. The Kier molecular flexibility index (Phi) is 6.90. The molecule has 0 aliphatic carbocycles. The summed E-state index contributed by atoms with van der Waals surface area (Å²) in [7, 11) is 0. The van der Waals surface area contributed by atoms with Crippen molar-refractivity contribution >= 4 is 29.5 Å². The molecule has 148 valence electrons. The normalized spacial score (nSPS) is 11.9. The molecule has 0 aliphatic heterocycles.